The molecule has 1 aromatic carbocycles. The van der Waals surface area contributed by atoms with Gasteiger partial charge in [0.2, 0.25) is 12.5 Å². The largest absolute Gasteiger partial charge is 0.493 e. The van der Waals surface area contributed by atoms with Crippen LogP contribution in [0.5, 0.6) is 17.2 Å². The zero-order valence-electron chi connectivity index (χ0n) is 11.7. The molecule has 0 saturated carbocycles. The Morgan fingerprint density at radius 2 is 2.26 bits per heavy atom. The Labute approximate surface area is 114 Å². The van der Waals surface area contributed by atoms with Gasteiger partial charge in [0.15, 0.2) is 11.5 Å². The fourth-order valence-corrected chi connectivity index (χ4v) is 1.94. The van der Waals surface area contributed by atoms with Crippen molar-refractivity contribution in [3.63, 3.8) is 0 Å². The Hall–Kier alpha value is -1.68. The topological polar surface area (TPSA) is 39.7 Å². The quantitative estimate of drug-likeness (QED) is 0.856. The highest BCUT2D eigenvalue weighted by Crippen LogP contribution is 2.42. The third kappa shape index (κ3) is 3.41. The molecule has 0 spiro atoms. The molecular formula is C15H21NO3. The summed E-state index contributed by atoms with van der Waals surface area (Å²) in [4.78, 5) is 0. The fourth-order valence-electron chi connectivity index (χ4n) is 1.94. The minimum atomic E-state index is 0.257. The minimum Gasteiger partial charge on any atom is -0.493 e. The van der Waals surface area contributed by atoms with Crippen molar-refractivity contribution < 1.29 is 14.2 Å². The Kier molecular flexibility index (Phi) is 4.68. The van der Waals surface area contributed by atoms with Crippen LogP contribution in [0.1, 0.15) is 25.8 Å². The molecule has 0 amide bonds. The molecule has 1 unspecified atom stereocenters. The first-order chi connectivity index (χ1) is 9.24. The zero-order chi connectivity index (χ0) is 13.7. The lowest BCUT2D eigenvalue weighted by atomic mass is 10.1. The molecule has 0 radical (unpaired) electrons. The van der Waals surface area contributed by atoms with Crippen LogP contribution in [0.3, 0.4) is 0 Å². The SMILES string of the molecule is CCCNC(C)/C=C/c1cc(OC)c2c(c1)OCO2. The molecule has 0 aliphatic carbocycles. The fraction of sp³-hybridized carbons (Fsp3) is 0.467. The molecule has 1 N–H and O–H groups in total. The predicted octanol–water partition coefficient (Wildman–Crippen LogP) is 2.83. The summed E-state index contributed by atoms with van der Waals surface area (Å²) in [7, 11) is 1.64. The van der Waals surface area contributed by atoms with Gasteiger partial charge in [-0.25, -0.2) is 0 Å². The first-order valence-electron chi connectivity index (χ1n) is 6.63. The average Bonchev–Trinajstić information content (AvgIpc) is 2.90. The molecule has 0 bridgehead atoms. The van der Waals surface area contributed by atoms with Crippen molar-refractivity contribution in [2.75, 3.05) is 20.4 Å². The number of fused-ring (bicyclic) bond motifs is 1. The van der Waals surface area contributed by atoms with Crippen LogP contribution in [0.2, 0.25) is 0 Å². The zero-order valence-corrected chi connectivity index (χ0v) is 11.7. The van der Waals surface area contributed by atoms with Crippen molar-refractivity contribution in [1.29, 1.82) is 0 Å². The van der Waals surface area contributed by atoms with Gasteiger partial charge in [-0.15, -0.1) is 0 Å². The van der Waals surface area contributed by atoms with Crippen LogP contribution >= 0.6 is 0 Å². The number of hydrogen-bond acceptors (Lipinski definition) is 4. The molecule has 0 fully saturated rings. The second kappa shape index (κ2) is 6.48. The second-order valence-corrected chi connectivity index (χ2v) is 4.56. The summed E-state index contributed by atoms with van der Waals surface area (Å²) in [5.74, 6) is 2.15. The van der Waals surface area contributed by atoms with Gasteiger partial charge in [-0.3, -0.25) is 0 Å². The van der Waals surface area contributed by atoms with E-state index in [0.717, 1.165) is 24.3 Å². The van der Waals surface area contributed by atoms with E-state index in [1.54, 1.807) is 7.11 Å². The van der Waals surface area contributed by atoms with Gasteiger partial charge in [0, 0.05) is 6.04 Å². The summed E-state index contributed by atoms with van der Waals surface area (Å²) in [6.07, 6.45) is 5.33. The molecule has 1 aliphatic rings. The van der Waals surface area contributed by atoms with Gasteiger partial charge in [-0.05, 0) is 37.6 Å². The van der Waals surface area contributed by atoms with Gasteiger partial charge < -0.3 is 19.5 Å². The Morgan fingerprint density at radius 3 is 3.00 bits per heavy atom. The van der Waals surface area contributed by atoms with Crippen molar-refractivity contribution >= 4 is 6.08 Å². The third-order valence-corrected chi connectivity index (χ3v) is 2.97. The molecule has 1 aromatic rings. The normalized spacial score (nSPS) is 14.9. The Morgan fingerprint density at radius 1 is 1.42 bits per heavy atom. The third-order valence-electron chi connectivity index (χ3n) is 2.97. The Balaban J connectivity index is 2.10. The van der Waals surface area contributed by atoms with Crippen LogP contribution in [0.4, 0.5) is 0 Å². The first-order valence-corrected chi connectivity index (χ1v) is 6.63. The van der Waals surface area contributed by atoms with Crippen LogP contribution in [-0.4, -0.2) is 26.5 Å². The van der Waals surface area contributed by atoms with E-state index in [1.807, 2.05) is 12.1 Å². The molecular weight excluding hydrogens is 242 g/mol. The molecule has 2 rings (SSSR count). The predicted molar refractivity (Wildman–Crippen MR) is 75.9 cm³/mol. The summed E-state index contributed by atoms with van der Waals surface area (Å²) in [5.41, 5.74) is 1.05. The first kappa shape index (κ1) is 13.7. The second-order valence-electron chi connectivity index (χ2n) is 4.56. The van der Waals surface area contributed by atoms with Crippen molar-refractivity contribution in [3.05, 3.63) is 23.8 Å². The van der Waals surface area contributed by atoms with Crippen molar-refractivity contribution in [2.24, 2.45) is 0 Å². The van der Waals surface area contributed by atoms with Crippen LogP contribution in [0.25, 0.3) is 6.08 Å². The smallest absolute Gasteiger partial charge is 0.231 e. The van der Waals surface area contributed by atoms with Crippen molar-refractivity contribution in [3.8, 4) is 17.2 Å². The monoisotopic (exact) mass is 263 g/mol. The summed E-state index contributed by atoms with van der Waals surface area (Å²) >= 11 is 0. The van der Waals surface area contributed by atoms with E-state index in [9.17, 15) is 0 Å². The van der Waals surface area contributed by atoms with E-state index in [0.29, 0.717) is 17.5 Å². The van der Waals surface area contributed by atoms with E-state index in [1.165, 1.54) is 0 Å². The molecule has 4 heteroatoms. The maximum absolute atomic E-state index is 5.40. The van der Waals surface area contributed by atoms with E-state index in [-0.39, 0.29) is 6.79 Å². The maximum Gasteiger partial charge on any atom is 0.231 e. The maximum atomic E-state index is 5.40. The van der Waals surface area contributed by atoms with Gasteiger partial charge in [0.1, 0.15) is 0 Å². The van der Waals surface area contributed by atoms with Gasteiger partial charge in [0.05, 0.1) is 7.11 Å². The number of ether oxygens (including phenoxy) is 3. The number of rotatable bonds is 6. The molecule has 1 atom stereocenters. The highest BCUT2D eigenvalue weighted by atomic mass is 16.7. The number of benzene rings is 1. The molecule has 4 nitrogen and oxygen atoms in total. The summed E-state index contributed by atoms with van der Waals surface area (Å²) in [6.45, 7) is 5.58. The standard InChI is InChI=1S/C15H21NO3/c1-4-7-16-11(2)5-6-12-8-13(17-3)15-14(9-12)18-10-19-15/h5-6,8-9,11,16H,4,7,10H2,1-3H3/b6-5+. The van der Waals surface area contributed by atoms with E-state index < -0.39 is 0 Å². The number of hydrogen-bond donors (Lipinski definition) is 1. The van der Waals surface area contributed by atoms with Gasteiger partial charge in [-0.1, -0.05) is 19.1 Å². The van der Waals surface area contributed by atoms with Crippen LogP contribution < -0.4 is 19.5 Å². The molecule has 0 saturated heterocycles. The van der Waals surface area contributed by atoms with Crippen LogP contribution in [0, 0.1) is 0 Å². The molecule has 0 aromatic heterocycles. The van der Waals surface area contributed by atoms with Crippen molar-refractivity contribution in [2.45, 2.75) is 26.3 Å². The summed E-state index contributed by atoms with van der Waals surface area (Å²) < 4.78 is 16.1. The molecule has 104 valence electrons. The van der Waals surface area contributed by atoms with Gasteiger partial charge in [-0.2, -0.15) is 0 Å². The van der Waals surface area contributed by atoms with Crippen molar-refractivity contribution in [1.82, 2.24) is 5.32 Å². The lowest BCUT2D eigenvalue weighted by Crippen LogP contribution is -2.24. The van der Waals surface area contributed by atoms with E-state index in [2.05, 4.69) is 31.3 Å². The molecule has 1 aliphatic heterocycles. The summed E-state index contributed by atoms with van der Waals surface area (Å²) in [6, 6.07) is 4.26. The number of methoxy groups -OCH3 is 1. The van der Waals surface area contributed by atoms with E-state index in [4.69, 9.17) is 14.2 Å². The van der Waals surface area contributed by atoms with Crippen LogP contribution in [0.15, 0.2) is 18.2 Å². The van der Waals surface area contributed by atoms with E-state index >= 15 is 0 Å². The average molecular weight is 263 g/mol. The lowest BCUT2D eigenvalue weighted by Gasteiger charge is -2.08. The van der Waals surface area contributed by atoms with Gasteiger partial charge >= 0.3 is 0 Å². The highest BCUT2D eigenvalue weighted by molar-refractivity contribution is 5.63. The Bertz CT molecular complexity index is 457. The van der Waals surface area contributed by atoms with Crippen LogP contribution in [-0.2, 0) is 0 Å². The van der Waals surface area contributed by atoms with Gasteiger partial charge in [0.25, 0.3) is 0 Å². The number of nitrogens with one attached hydrogen (secondary N) is 1. The highest BCUT2D eigenvalue weighted by Gasteiger charge is 2.19. The molecule has 1 heterocycles. The lowest BCUT2D eigenvalue weighted by molar-refractivity contribution is 0.171. The summed E-state index contributed by atoms with van der Waals surface area (Å²) in [5, 5.41) is 3.41. The molecule has 19 heavy (non-hydrogen) atoms. The minimum absolute atomic E-state index is 0.257.